The minimum atomic E-state index is -0.819. The number of aliphatic hydroxyl groups is 2. The van der Waals surface area contributed by atoms with E-state index in [2.05, 4.69) is 10.1 Å². The Kier molecular flexibility index (Phi) is 3.87. The van der Waals surface area contributed by atoms with Gasteiger partial charge in [-0.3, -0.25) is 0 Å². The number of aromatic nitrogens is 3. The second kappa shape index (κ2) is 6.19. The second-order valence-corrected chi connectivity index (χ2v) is 5.97. The molecule has 7 heteroatoms. The van der Waals surface area contributed by atoms with Gasteiger partial charge in [-0.05, 0) is 24.3 Å². The Labute approximate surface area is 143 Å². The molecule has 0 aliphatic carbocycles. The summed E-state index contributed by atoms with van der Waals surface area (Å²) in [6.07, 6.45) is 0.909. The number of nitrogens with zero attached hydrogens (tertiary/aromatic N) is 4. The predicted molar refractivity (Wildman–Crippen MR) is 94.6 cm³/mol. The van der Waals surface area contributed by atoms with Crippen LogP contribution in [0.3, 0.4) is 0 Å². The Hall–Kier alpha value is -2.90. The van der Waals surface area contributed by atoms with Gasteiger partial charge in [0.1, 0.15) is 17.1 Å². The first-order valence-corrected chi connectivity index (χ1v) is 7.99. The molecule has 4 aromatic rings. The summed E-state index contributed by atoms with van der Waals surface area (Å²) in [5.74, 6) is 1.35. The molecule has 3 heterocycles. The summed E-state index contributed by atoms with van der Waals surface area (Å²) >= 11 is 0. The fraction of sp³-hybridized carbons (Fsp3) is 0.222. The molecule has 3 aromatic heterocycles. The van der Waals surface area contributed by atoms with Crippen molar-refractivity contribution < 1.29 is 14.6 Å². The molecule has 1 aromatic carbocycles. The van der Waals surface area contributed by atoms with Crippen LogP contribution in [-0.2, 0) is 0 Å². The topological polar surface area (TPSA) is 87.0 Å². The van der Waals surface area contributed by atoms with Gasteiger partial charge in [0, 0.05) is 19.0 Å². The summed E-state index contributed by atoms with van der Waals surface area (Å²) in [5.41, 5.74) is 2.27. The van der Waals surface area contributed by atoms with E-state index in [1.165, 1.54) is 0 Å². The van der Waals surface area contributed by atoms with Crippen LogP contribution in [-0.4, -0.2) is 51.1 Å². The van der Waals surface area contributed by atoms with E-state index in [9.17, 15) is 5.11 Å². The van der Waals surface area contributed by atoms with Crippen LogP contribution in [0.1, 0.15) is 0 Å². The number of aliphatic hydroxyl groups excluding tert-OH is 2. The summed E-state index contributed by atoms with van der Waals surface area (Å²) in [4.78, 5) is 6.16. The lowest BCUT2D eigenvalue weighted by Crippen LogP contribution is -2.32. The zero-order valence-corrected chi connectivity index (χ0v) is 13.7. The van der Waals surface area contributed by atoms with Gasteiger partial charge < -0.3 is 19.5 Å². The van der Waals surface area contributed by atoms with Crippen LogP contribution in [0.15, 0.2) is 53.1 Å². The number of para-hydroxylation sites is 1. The maximum Gasteiger partial charge on any atom is 0.155 e. The molecule has 128 valence electrons. The number of likely N-dealkylation sites (N-methyl/N-ethyl adjacent to an activating group) is 1. The van der Waals surface area contributed by atoms with Crippen LogP contribution in [0.4, 0.5) is 5.82 Å². The standard InChI is InChI=1S/C18H18N4O3/c1-21(10-13(24)11-23)18-7-6-17-19-9-14(22(17)20-18)16-8-12-4-2-3-5-15(12)25-16/h2-9,13,23-24H,10-11H2,1H3. The molecule has 0 spiro atoms. The van der Waals surface area contributed by atoms with E-state index in [4.69, 9.17) is 9.52 Å². The van der Waals surface area contributed by atoms with Gasteiger partial charge >= 0.3 is 0 Å². The maximum atomic E-state index is 9.62. The predicted octanol–water partition coefficient (Wildman–Crippen LogP) is 1.93. The van der Waals surface area contributed by atoms with Crippen molar-refractivity contribution in [1.29, 1.82) is 0 Å². The van der Waals surface area contributed by atoms with Gasteiger partial charge in [0.2, 0.25) is 0 Å². The average Bonchev–Trinajstić information content (AvgIpc) is 3.24. The molecular formula is C18H18N4O3. The lowest BCUT2D eigenvalue weighted by atomic mass is 10.2. The molecule has 0 radical (unpaired) electrons. The smallest absolute Gasteiger partial charge is 0.155 e. The molecular weight excluding hydrogens is 320 g/mol. The normalized spacial score (nSPS) is 12.8. The SMILES string of the molecule is CN(CC(O)CO)c1ccc2ncc(-c3cc4ccccc4o3)n2n1. The van der Waals surface area contributed by atoms with Crippen molar-refractivity contribution in [2.45, 2.75) is 6.10 Å². The Balaban J connectivity index is 1.76. The minimum absolute atomic E-state index is 0.281. The molecule has 0 aliphatic rings. The summed E-state index contributed by atoms with van der Waals surface area (Å²) in [6.45, 7) is -0.00836. The highest BCUT2D eigenvalue weighted by atomic mass is 16.3. The number of anilines is 1. The molecule has 0 amide bonds. The summed E-state index contributed by atoms with van der Waals surface area (Å²) in [5, 5.41) is 24.2. The first kappa shape index (κ1) is 15.6. The van der Waals surface area contributed by atoms with E-state index in [0.717, 1.165) is 16.7 Å². The summed E-state index contributed by atoms with van der Waals surface area (Å²) < 4.78 is 7.63. The van der Waals surface area contributed by atoms with Crippen molar-refractivity contribution in [3.8, 4) is 11.5 Å². The molecule has 0 saturated heterocycles. The maximum absolute atomic E-state index is 9.62. The number of benzene rings is 1. The Morgan fingerprint density at radius 2 is 2.08 bits per heavy atom. The molecule has 25 heavy (non-hydrogen) atoms. The third-order valence-corrected chi connectivity index (χ3v) is 4.11. The van der Waals surface area contributed by atoms with Gasteiger partial charge in [-0.1, -0.05) is 18.2 Å². The summed E-state index contributed by atoms with van der Waals surface area (Å²) in [6, 6.07) is 13.5. The third-order valence-electron chi connectivity index (χ3n) is 4.11. The molecule has 0 saturated carbocycles. The Bertz CT molecular complexity index is 990. The average molecular weight is 338 g/mol. The van der Waals surface area contributed by atoms with Crippen molar-refractivity contribution >= 4 is 22.4 Å². The van der Waals surface area contributed by atoms with Gasteiger partial charge in [-0.25, -0.2) is 9.50 Å². The monoisotopic (exact) mass is 338 g/mol. The molecule has 4 rings (SSSR count). The van der Waals surface area contributed by atoms with E-state index in [0.29, 0.717) is 17.2 Å². The second-order valence-electron chi connectivity index (χ2n) is 5.97. The lowest BCUT2D eigenvalue weighted by Gasteiger charge is -2.20. The van der Waals surface area contributed by atoms with Crippen molar-refractivity contribution in [3.05, 3.63) is 48.7 Å². The quantitative estimate of drug-likeness (QED) is 0.578. The van der Waals surface area contributed by atoms with E-state index in [1.54, 1.807) is 15.6 Å². The first-order valence-electron chi connectivity index (χ1n) is 7.99. The molecule has 1 atom stereocenters. The number of rotatable bonds is 5. The van der Waals surface area contributed by atoms with Crippen molar-refractivity contribution in [2.24, 2.45) is 0 Å². The van der Waals surface area contributed by atoms with Gasteiger partial charge in [-0.2, -0.15) is 0 Å². The fourth-order valence-corrected chi connectivity index (χ4v) is 2.81. The van der Waals surface area contributed by atoms with E-state index >= 15 is 0 Å². The number of imidazole rings is 1. The molecule has 1 unspecified atom stereocenters. The van der Waals surface area contributed by atoms with E-state index < -0.39 is 6.10 Å². The molecule has 2 N–H and O–H groups in total. The minimum Gasteiger partial charge on any atom is -0.454 e. The Morgan fingerprint density at radius 1 is 1.24 bits per heavy atom. The van der Waals surface area contributed by atoms with Crippen molar-refractivity contribution in [1.82, 2.24) is 14.6 Å². The number of fused-ring (bicyclic) bond motifs is 2. The fourth-order valence-electron chi connectivity index (χ4n) is 2.81. The molecule has 0 aliphatic heterocycles. The van der Waals surface area contributed by atoms with Gasteiger partial charge in [-0.15, -0.1) is 5.10 Å². The largest absolute Gasteiger partial charge is 0.454 e. The third kappa shape index (κ3) is 2.84. The van der Waals surface area contributed by atoms with Gasteiger partial charge in [0.15, 0.2) is 11.4 Å². The van der Waals surface area contributed by atoms with E-state index in [1.807, 2.05) is 49.5 Å². The van der Waals surface area contributed by atoms with Crippen LogP contribution in [0.25, 0.3) is 28.1 Å². The molecule has 7 nitrogen and oxygen atoms in total. The molecule has 0 bridgehead atoms. The zero-order valence-electron chi connectivity index (χ0n) is 13.7. The van der Waals surface area contributed by atoms with E-state index in [-0.39, 0.29) is 13.2 Å². The highest BCUT2D eigenvalue weighted by Gasteiger charge is 2.15. The summed E-state index contributed by atoms with van der Waals surface area (Å²) in [7, 11) is 1.81. The van der Waals surface area contributed by atoms with Crippen LogP contribution in [0.5, 0.6) is 0 Å². The zero-order chi connectivity index (χ0) is 17.4. The number of hydrogen-bond donors (Lipinski definition) is 2. The number of hydrogen-bond acceptors (Lipinski definition) is 6. The lowest BCUT2D eigenvalue weighted by molar-refractivity contribution is 0.101. The molecule has 0 fully saturated rings. The highest BCUT2D eigenvalue weighted by molar-refractivity contribution is 5.82. The van der Waals surface area contributed by atoms with Crippen molar-refractivity contribution in [3.63, 3.8) is 0 Å². The number of furan rings is 1. The van der Waals surface area contributed by atoms with Crippen LogP contribution in [0.2, 0.25) is 0 Å². The van der Waals surface area contributed by atoms with Crippen LogP contribution >= 0.6 is 0 Å². The Morgan fingerprint density at radius 3 is 2.88 bits per heavy atom. The van der Waals surface area contributed by atoms with Gasteiger partial charge in [0.05, 0.1) is 18.9 Å². The van der Waals surface area contributed by atoms with Crippen molar-refractivity contribution in [2.75, 3.05) is 25.1 Å². The van der Waals surface area contributed by atoms with Crippen LogP contribution in [0, 0.1) is 0 Å². The van der Waals surface area contributed by atoms with Gasteiger partial charge in [0.25, 0.3) is 0 Å². The van der Waals surface area contributed by atoms with Crippen LogP contribution < -0.4 is 4.90 Å². The highest BCUT2D eigenvalue weighted by Crippen LogP contribution is 2.28. The first-order chi connectivity index (χ1) is 12.2.